The molecule has 1 aromatic heterocycles. The monoisotopic (exact) mass is 304 g/mol. The fourth-order valence-corrected chi connectivity index (χ4v) is 3.68. The zero-order chi connectivity index (χ0) is 14.7. The van der Waals surface area contributed by atoms with Crippen LogP contribution in [0, 0.1) is 6.92 Å². The van der Waals surface area contributed by atoms with Crippen LogP contribution in [0.25, 0.3) is 0 Å². The molecule has 112 valence electrons. The largest absolute Gasteiger partial charge is 0.497 e. The number of aryl methyl sites for hydroxylation is 1. The maximum atomic E-state index is 5.37. The van der Waals surface area contributed by atoms with Gasteiger partial charge in [-0.15, -0.1) is 11.8 Å². The van der Waals surface area contributed by atoms with Gasteiger partial charge >= 0.3 is 0 Å². The lowest BCUT2D eigenvalue weighted by atomic mass is 10.0. The van der Waals surface area contributed by atoms with Gasteiger partial charge < -0.3 is 14.6 Å². The Bertz CT molecular complexity index is 612. The summed E-state index contributed by atoms with van der Waals surface area (Å²) >= 11 is 1.93. The number of nitrogens with one attached hydrogen (secondary N) is 1. The second kappa shape index (κ2) is 6.54. The topological polar surface area (TPSA) is 47.3 Å². The molecule has 0 saturated carbocycles. The summed E-state index contributed by atoms with van der Waals surface area (Å²) in [6, 6.07) is 8.66. The maximum absolute atomic E-state index is 5.37. The summed E-state index contributed by atoms with van der Waals surface area (Å²) in [6.07, 6.45) is 2.33. The van der Waals surface area contributed by atoms with E-state index >= 15 is 0 Å². The van der Waals surface area contributed by atoms with Crippen molar-refractivity contribution in [2.24, 2.45) is 0 Å². The molecule has 1 aliphatic heterocycles. The lowest BCUT2D eigenvalue weighted by Crippen LogP contribution is -2.20. The molecule has 0 amide bonds. The smallest absolute Gasteiger partial charge is 0.150 e. The molecule has 5 heteroatoms. The van der Waals surface area contributed by atoms with E-state index in [1.165, 1.54) is 22.6 Å². The van der Waals surface area contributed by atoms with E-state index in [4.69, 9.17) is 9.26 Å². The SMILES string of the molecule is COc1ccc2c(c1)[C@H](NCc1cc(C)no1)CCCS2. The second-order valence-corrected chi connectivity index (χ2v) is 6.40. The average molecular weight is 304 g/mol. The summed E-state index contributed by atoms with van der Waals surface area (Å²) in [6.45, 7) is 2.64. The molecule has 2 aromatic rings. The van der Waals surface area contributed by atoms with E-state index in [1.807, 2.05) is 30.8 Å². The molecule has 0 fully saturated rings. The summed E-state index contributed by atoms with van der Waals surface area (Å²) in [4.78, 5) is 1.35. The van der Waals surface area contributed by atoms with Gasteiger partial charge in [-0.05, 0) is 49.3 Å². The minimum atomic E-state index is 0.329. The van der Waals surface area contributed by atoms with Gasteiger partial charge in [0.05, 0.1) is 19.3 Å². The molecule has 2 heterocycles. The summed E-state index contributed by atoms with van der Waals surface area (Å²) in [7, 11) is 1.71. The third-order valence-electron chi connectivity index (χ3n) is 3.69. The molecule has 3 rings (SSSR count). The van der Waals surface area contributed by atoms with Crippen LogP contribution in [-0.2, 0) is 6.54 Å². The highest BCUT2D eigenvalue weighted by molar-refractivity contribution is 7.99. The van der Waals surface area contributed by atoms with E-state index in [2.05, 4.69) is 22.6 Å². The van der Waals surface area contributed by atoms with E-state index in [0.29, 0.717) is 12.6 Å². The molecule has 0 unspecified atom stereocenters. The van der Waals surface area contributed by atoms with Crippen LogP contribution >= 0.6 is 11.8 Å². The summed E-state index contributed by atoms with van der Waals surface area (Å²) < 4.78 is 10.6. The molecule has 0 bridgehead atoms. The number of methoxy groups -OCH3 is 1. The van der Waals surface area contributed by atoms with Crippen LogP contribution in [-0.4, -0.2) is 18.0 Å². The normalized spacial score (nSPS) is 18.1. The third kappa shape index (κ3) is 3.41. The number of rotatable bonds is 4. The molecule has 4 nitrogen and oxygen atoms in total. The second-order valence-electron chi connectivity index (χ2n) is 5.26. The van der Waals surface area contributed by atoms with Gasteiger partial charge in [-0.3, -0.25) is 0 Å². The van der Waals surface area contributed by atoms with Crippen molar-refractivity contribution < 1.29 is 9.26 Å². The first-order valence-corrected chi connectivity index (χ1v) is 8.21. The van der Waals surface area contributed by atoms with Crippen LogP contribution in [0.4, 0.5) is 0 Å². The highest BCUT2D eigenvalue weighted by Gasteiger charge is 2.20. The number of hydrogen-bond donors (Lipinski definition) is 1. The number of hydrogen-bond acceptors (Lipinski definition) is 5. The predicted octanol–water partition coefficient (Wildman–Crippen LogP) is 3.71. The van der Waals surface area contributed by atoms with Crippen molar-refractivity contribution in [3.05, 3.63) is 41.3 Å². The number of fused-ring (bicyclic) bond motifs is 1. The fourth-order valence-electron chi connectivity index (χ4n) is 2.62. The Morgan fingerprint density at radius 2 is 2.33 bits per heavy atom. The zero-order valence-corrected chi connectivity index (χ0v) is 13.2. The van der Waals surface area contributed by atoms with Gasteiger partial charge in [0.2, 0.25) is 0 Å². The molecule has 0 aliphatic carbocycles. The highest BCUT2D eigenvalue weighted by Crippen LogP contribution is 2.36. The van der Waals surface area contributed by atoms with Crippen LogP contribution in [0.1, 0.15) is 35.9 Å². The summed E-state index contributed by atoms with van der Waals surface area (Å²) in [5.41, 5.74) is 2.25. The Kier molecular flexibility index (Phi) is 4.51. The molecule has 1 aromatic carbocycles. The number of benzene rings is 1. The minimum absolute atomic E-state index is 0.329. The molecule has 1 aliphatic rings. The zero-order valence-electron chi connectivity index (χ0n) is 12.4. The van der Waals surface area contributed by atoms with E-state index < -0.39 is 0 Å². The number of aromatic nitrogens is 1. The lowest BCUT2D eigenvalue weighted by molar-refractivity contribution is 0.356. The molecule has 0 spiro atoms. The van der Waals surface area contributed by atoms with Gasteiger partial charge in [-0.2, -0.15) is 0 Å². The van der Waals surface area contributed by atoms with Gasteiger partial charge in [-0.25, -0.2) is 0 Å². The van der Waals surface area contributed by atoms with E-state index in [-0.39, 0.29) is 0 Å². The minimum Gasteiger partial charge on any atom is -0.497 e. The first-order valence-electron chi connectivity index (χ1n) is 7.22. The molecule has 1 atom stereocenters. The number of nitrogens with zero attached hydrogens (tertiary/aromatic N) is 1. The van der Waals surface area contributed by atoms with Crippen LogP contribution < -0.4 is 10.1 Å². The molecule has 0 saturated heterocycles. The predicted molar refractivity (Wildman–Crippen MR) is 83.8 cm³/mol. The molecular formula is C16H20N2O2S. The Labute approximate surface area is 129 Å². The third-order valence-corrected chi connectivity index (χ3v) is 4.86. The van der Waals surface area contributed by atoms with Gasteiger partial charge in [0.15, 0.2) is 5.76 Å². The van der Waals surface area contributed by atoms with E-state index in [1.54, 1.807) is 7.11 Å². The summed E-state index contributed by atoms with van der Waals surface area (Å²) in [5, 5.41) is 7.53. The molecule has 0 radical (unpaired) electrons. The van der Waals surface area contributed by atoms with Gasteiger partial charge in [-0.1, -0.05) is 5.16 Å². The first kappa shape index (κ1) is 14.5. The lowest BCUT2D eigenvalue weighted by Gasteiger charge is -2.19. The Morgan fingerprint density at radius 3 is 3.10 bits per heavy atom. The van der Waals surface area contributed by atoms with E-state index in [9.17, 15) is 0 Å². The van der Waals surface area contributed by atoms with Crippen LogP contribution in [0.15, 0.2) is 33.7 Å². The van der Waals surface area contributed by atoms with Crippen molar-refractivity contribution in [3.8, 4) is 5.75 Å². The van der Waals surface area contributed by atoms with Crippen LogP contribution in [0.2, 0.25) is 0 Å². The van der Waals surface area contributed by atoms with Gasteiger partial charge in [0.25, 0.3) is 0 Å². The number of ether oxygens (including phenoxy) is 1. The van der Waals surface area contributed by atoms with E-state index in [0.717, 1.165) is 23.6 Å². The standard InChI is InChI=1S/C16H20N2O2S/c1-11-8-13(20-18-11)10-17-15-4-3-7-21-16-6-5-12(19-2)9-14(15)16/h5-6,8-9,15,17H,3-4,7,10H2,1-2H3/t15-/m1/s1. The number of thioether (sulfide) groups is 1. The molecule has 1 N–H and O–H groups in total. The molecular weight excluding hydrogens is 284 g/mol. The Hall–Kier alpha value is -1.46. The Morgan fingerprint density at radius 1 is 1.43 bits per heavy atom. The highest BCUT2D eigenvalue weighted by atomic mass is 32.2. The van der Waals surface area contributed by atoms with Crippen molar-refractivity contribution in [3.63, 3.8) is 0 Å². The maximum Gasteiger partial charge on any atom is 0.150 e. The molecule has 21 heavy (non-hydrogen) atoms. The van der Waals surface area contributed by atoms with Gasteiger partial charge in [0.1, 0.15) is 5.75 Å². The van der Waals surface area contributed by atoms with Crippen molar-refractivity contribution in [2.45, 2.75) is 37.2 Å². The van der Waals surface area contributed by atoms with Crippen LogP contribution in [0.3, 0.4) is 0 Å². The summed E-state index contributed by atoms with van der Waals surface area (Å²) in [5.74, 6) is 2.96. The quantitative estimate of drug-likeness (QED) is 0.933. The fraction of sp³-hybridized carbons (Fsp3) is 0.438. The first-order chi connectivity index (χ1) is 10.3. The van der Waals surface area contributed by atoms with Crippen molar-refractivity contribution in [2.75, 3.05) is 12.9 Å². The van der Waals surface area contributed by atoms with Crippen LogP contribution in [0.5, 0.6) is 5.75 Å². The Balaban J connectivity index is 1.78. The van der Waals surface area contributed by atoms with Gasteiger partial charge in [0, 0.05) is 17.0 Å². The van der Waals surface area contributed by atoms with Crippen molar-refractivity contribution in [1.29, 1.82) is 0 Å². The van der Waals surface area contributed by atoms with Crippen molar-refractivity contribution in [1.82, 2.24) is 10.5 Å². The van der Waals surface area contributed by atoms with Crippen molar-refractivity contribution >= 4 is 11.8 Å². The average Bonchev–Trinajstić information content (AvgIpc) is 2.81.